The Hall–Kier alpha value is -1.77. The van der Waals surface area contributed by atoms with Crippen molar-refractivity contribution in [3.8, 4) is 0 Å². The Labute approximate surface area is 94.9 Å². The van der Waals surface area contributed by atoms with Gasteiger partial charge in [-0.05, 0) is 29.7 Å². The van der Waals surface area contributed by atoms with Gasteiger partial charge in [0.1, 0.15) is 0 Å². The number of amides is 1. The van der Waals surface area contributed by atoms with E-state index in [4.69, 9.17) is 0 Å². The molecule has 84 valence electrons. The zero-order valence-electron chi connectivity index (χ0n) is 9.79. The number of H-pyrrole nitrogens is 1. The molecule has 2 aromatic rings. The van der Waals surface area contributed by atoms with E-state index in [1.807, 2.05) is 18.3 Å². The first-order chi connectivity index (χ1) is 7.63. The SMILES string of the molecule is CNC(=O)c1cc(C(C)C)cc2[nH]ccc12. The third-order valence-electron chi connectivity index (χ3n) is 2.83. The molecule has 0 unspecified atom stereocenters. The van der Waals surface area contributed by atoms with Crippen LogP contribution in [-0.2, 0) is 0 Å². The fourth-order valence-corrected chi connectivity index (χ4v) is 1.85. The van der Waals surface area contributed by atoms with E-state index in [1.165, 1.54) is 5.56 Å². The van der Waals surface area contributed by atoms with Gasteiger partial charge in [-0.25, -0.2) is 0 Å². The van der Waals surface area contributed by atoms with Crippen LogP contribution in [0.15, 0.2) is 24.4 Å². The number of hydrogen-bond acceptors (Lipinski definition) is 1. The molecule has 0 atom stereocenters. The molecule has 1 aromatic carbocycles. The molecule has 3 nitrogen and oxygen atoms in total. The second kappa shape index (κ2) is 4.00. The van der Waals surface area contributed by atoms with Crippen LogP contribution in [0.4, 0.5) is 0 Å². The van der Waals surface area contributed by atoms with Crippen molar-refractivity contribution >= 4 is 16.8 Å². The lowest BCUT2D eigenvalue weighted by Crippen LogP contribution is -2.18. The maximum absolute atomic E-state index is 11.8. The summed E-state index contributed by atoms with van der Waals surface area (Å²) in [6, 6.07) is 6.01. The average molecular weight is 216 g/mol. The highest BCUT2D eigenvalue weighted by atomic mass is 16.1. The summed E-state index contributed by atoms with van der Waals surface area (Å²) >= 11 is 0. The molecule has 1 amide bonds. The van der Waals surface area contributed by atoms with Gasteiger partial charge in [-0.2, -0.15) is 0 Å². The summed E-state index contributed by atoms with van der Waals surface area (Å²) in [6.07, 6.45) is 1.86. The highest BCUT2D eigenvalue weighted by Gasteiger charge is 2.12. The number of carbonyl (C=O) groups is 1. The van der Waals surface area contributed by atoms with E-state index in [9.17, 15) is 4.79 Å². The quantitative estimate of drug-likeness (QED) is 0.796. The smallest absolute Gasteiger partial charge is 0.251 e. The molecule has 0 aliphatic carbocycles. The molecule has 0 saturated heterocycles. The lowest BCUT2D eigenvalue weighted by Gasteiger charge is -2.09. The molecule has 2 rings (SSSR count). The van der Waals surface area contributed by atoms with Crippen molar-refractivity contribution in [3.63, 3.8) is 0 Å². The topological polar surface area (TPSA) is 44.9 Å². The van der Waals surface area contributed by atoms with E-state index in [2.05, 4.69) is 30.2 Å². The molecule has 1 heterocycles. The van der Waals surface area contributed by atoms with Gasteiger partial charge in [0, 0.05) is 29.7 Å². The highest BCUT2D eigenvalue weighted by Crippen LogP contribution is 2.24. The van der Waals surface area contributed by atoms with Gasteiger partial charge in [0.2, 0.25) is 0 Å². The van der Waals surface area contributed by atoms with Crippen molar-refractivity contribution in [1.82, 2.24) is 10.3 Å². The third-order valence-corrected chi connectivity index (χ3v) is 2.83. The Morgan fingerprint density at radius 3 is 2.75 bits per heavy atom. The fraction of sp³-hybridized carbons (Fsp3) is 0.308. The van der Waals surface area contributed by atoms with Crippen LogP contribution in [-0.4, -0.2) is 17.9 Å². The molecule has 0 radical (unpaired) electrons. The minimum absolute atomic E-state index is 0.0351. The van der Waals surface area contributed by atoms with Gasteiger partial charge < -0.3 is 10.3 Å². The summed E-state index contributed by atoms with van der Waals surface area (Å²) < 4.78 is 0. The minimum atomic E-state index is -0.0351. The van der Waals surface area contributed by atoms with Crippen molar-refractivity contribution in [3.05, 3.63) is 35.5 Å². The fourth-order valence-electron chi connectivity index (χ4n) is 1.85. The minimum Gasteiger partial charge on any atom is -0.361 e. The van der Waals surface area contributed by atoms with Crippen LogP contribution in [0.2, 0.25) is 0 Å². The van der Waals surface area contributed by atoms with E-state index in [-0.39, 0.29) is 5.91 Å². The molecule has 2 N–H and O–H groups in total. The molecular formula is C13H16N2O. The zero-order valence-corrected chi connectivity index (χ0v) is 9.79. The number of nitrogens with one attached hydrogen (secondary N) is 2. The lowest BCUT2D eigenvalue weighted by atomic mass is 9.98. The van der Waals surface area contributed by atoms with Crippen LogP contribution in [0.25, 0.3) is 10.9 Å². The van der Waals surface area contributed by atoms with Crippen molar-refractivity contribution in [2.24, 2.45) is 0 Å². The van der Waals surface area contributed by atoms with Gasteiger partial charge >= 0.3 is 0 Å². The first-order valence-electron chi connectivity index (χ1n) is 5.46. The second-order valence-corrected chi connectivity index (χ2v) is 4.24. The van der Waals surface area contributed by atoms with Crippen molar-refractivity contribution in [2.75, 3.05) is 7.05 Å². The average Bonchev–Trinajstić information content (AvgIpc) is 2.74. The van der Waals surface area contributed by atoms with Gasteiger partial charge in [-0.15, -0.1) is 0 Å². The van der Waals surface area contributed by atoms with Gasteiger partial charge in [0.15, 0.2) is 0 Å². The predicted octanol–water partition coefficient (Wildman–Crippen LogP) is 2.65. The monoisotopic (exact) mass is 216 g/mol. The van der Waals surface area contributed by atoms with Crippen molar-refractivity contribution < 1.29 is 4.79 Å². The summed E-state index contributed by atoms with van der Waals surface area (Å²) in [5.74, 6) is 0.378. The standard InChI is InChI=1S/C13H16N2O/c1-8(2)9-6-11(13(16)14-3)10-4-5-15-12(10)7-9/h4-8,15H,1-3H3,(H,14,16). The van der Waals surface area contributed by atoms with E-state index in [1.54, 1.807) is 7.05 Å². The van der Waals surface area contributed by atoms with E-state index < -0.39 is 0 Å². The van der Waals surface area contributed by atoms with Crippen LogP contribution >= 0.6 is 0 Å². The second-order valence-electron chi connectivity index (χ2n) is 4.24. The van der Waals surface area contributed by atoms with Gasteiger partial charge in [0.05, 0.1) is 0 Å². The van der Waals surface area contributed by atoms with Crippen LogP contribution < -0.4 is 5.32 Å². The number of rotatable bonds is 2. The Morgan fingerprint density at radius 2 is 2.12 bits per heavy atom. The van der Waals surface area contributed by atoms with Crippen LogP contribution in [0.5, 0.6) is 0 Å². The molecule has 0 spiro atoms. The number of hydrogen-bond donors (Lipinski definition) is 2. The Morgan fingerprint density at radius 1 is 1.38 bits per heavy atom. The number of aromatic nitrogens is 1. The number of fused-ring (bicyclic) bond motifs is 1. The summed E-state index contributed by atoms with van der Waals surface area (Å²) in [5, 5.41) is 3.65. The Balaban J connectivity index is 2.68. The Bertz CT molecular complexity index is 526. The van der Waals surface area contributed by atoms with E-state index in [0.717, 1.165) is 16.5 Å². The number of benzene rings is 1. The molecule has 1 aromatic heterocycles. The Kier molecular flexibility index (Phi) is 2.69. The molecule has 0 aliphatic heterocycles. The number of carbonyl (C=O) groups excluding carboxylic acids is 1. The van der Waals surface area contributed by atoms with Gasteiger partial charge in [-0.1, -0.05) is 13.8 Å². The van der Waals surface area contributed by atoms with Crippen molar-refractivity contribution in [2.45, 2.75) is 19.8 Å². The molecular weight excluding hydrogens is 200 g/mol. The molecule has 0 bridgehead atoms. The normalized spacial score (nSPS) is 11.0. The zero-order chi connectivity index (χ0) is 11.7. The molecule has 3 heteroatoms. The molecule has 0 saturated carbocycles. The largest absolute Gasteiger partial charge is 0.361 e. The van der Waals surface area contributed by atoms with Crippen LogP contribution in [0.1, 0.15) is 35.7 Å². The summed E-state index contributed by atoms with van der Waals surface area (Å²) in [6.45, 7) is 4.25. The third kappa shape index (κ3) is 1.69. The maximum Gasteiger partial charge on any atom is 0.251 e. The molecule has 0 aliphatic rings. The van der Waals surface area contributed by atoms with E-state index in [0.29, 0.717) is 5.92 Å². The van der Waals surface area contributed by atoms with Gasteiger partial charge in [0.25, 0.3) is 5.91 Å². The summed E-state index contributed by atoms with van der Waals surface area (Å²) in [5.41, 5.74) is 2.93. The summed E-state index contributed by atoms with van der Waals surface area (Å²) in [7, 11) is 1.66. The van der Waals surface area contributed by atoms with E-state index >= 15 is 0 Å². The molecule has 0 fully saturated rings. The van der Waals surface area contributed by atoms with Crippen LogP contribution in [0, 0.1) is 0 Å². The first-order valence-corrected chi connectivity index (χ1v) is 5.46. The maximum atomic E-state index is 11.8. The van der Waals surface area contributed by atoms with Gasteiger partial charge in [-0.3, -0.25) is 4.79 Å². The first kappa shape index (κ1) is 10.7. The summed E-state index contributed by atoms with van der Waals surface area (Å²) in [4.78, 5) is 14.9. The number of aromatic amines is 1. The highest BCUT2D eigenvalue weighted by molar-refractivity contribution is 6.06. The lowest BCUT2D eigenvalue weighted by molar-refractivity contribution is 0.0964. The van der Waals surface area contributed by atoms with Crippen molar-refractivity contribution in [1.29, 1.82) is 0 Å². The predicted molar refractivity (Wildman–Crippen MR) is 65.8 cm³/mol. The van der Waals surface area contributed by atoms with Crippen LogP contribution in [0.3, 0.4) is 0 Å². The molecule has 16 heavy (non-hydrogen) atoms.